The normalized spacial score (nSPS) is 10.4. The summed E-state index contributed by atoms with van der Waals surface area (Å²) >= 11 is 5.84. The fourth-order valence-electron chi connectivity index (χ4n) is 0.911. The van der Waals surface area contributed by atoms with Crippen LogP contribution in [0, 0.1) is 10.1 Å². The molecule has 0 saturated heterocycles. The average Bonchev–Trinajstić information content (AvgIpc) is 2.15. The zero-order chi connectivity index (χ0) is 10.6. The van der Waals surface area contributed by atoms with Crippen LogP contribution < -0.4 is 4.74 Å². The Bertz CT molecular complexity index is 376. The first kappa shape index (κ1) is 10.5. The minimum absolute atomic E-state index is 0.419. The van der Waals surface area contributed by atoms with Crippen LogP contribution in [0.2, 0.25) is 5.02 Å². The molecular weight excluding hydrogens is 206 g/mol. The molecule has 1 rings (SSSR count). The molecule has 0 N–H and O–H groups in total. The third-order valence-electron chi connectivity index (χ3n) is 1.58. The van der Waals surface area contributed by atoms with Gasteiger partial charge in [0.05, 0.1) is 17.1 Å². The molecule has 5 heteroatoms. The standard InChI is InChI=1S/C9H8ClNO3/c1-14-8-3-2-7(9(10)6-8)4-5-11(12)13/h2-6H,1H3/b5-4+. The van der Waals surface area contributed by atoms with Gasteiger partial charge in [-0.1, -0.05) is 11.6 Å². The minimum atomic E-state index is -0.541. The molecule has 0 aromatic heterocycles. The molecule has 0 saturated carbocycles. The van der Waals surface area contributed by atoms with Crippen LogP contribution in [0.25, 0.3) is 6.08 Å². The van der Waals surface area contributed by atoms with Crippen LogP contribution in [0.3, 0.4) is 0 Å². The zero-order valence-corrected chi connectivity index (χ0v) is 8.19. The first-order valence-electron chi connectivity index (χ1n) is 3.78. The highest BCUT2D eigenvalue weighted by molar-refractivity contribution is 6.32. The molecule has 0 radical (unpaired) electrons. The van der Waals surface area contributed by atoms with Crippen LogP contribution in [0.1, 0.15) is 5.56 Å². The highest BCUT2D eigenvalue weighted by Gasteiger charge is 2.00. The van der Waals surface area contributed by atoms with Gasteiger partial charge in [-0.3, -0.25) is 10.1 Å². The monoisotopic (exact) mass is 213 g/mol. The summed E-state index contributed by atoms with van der Waals surface area (Å²) in [7, 11) is 1.53. The number of nitrogens with zero attached hydrogens (tertiary/aromatic N) is 1. The fraction of sp³-hybridized carbons (Fsp3) is 0.111. The predicted molar refractivity (Wildman–Crippen MR) is 54.0 cm³/mol. The number of hydrogen-bond donors (Lipinski definition) is 0. The Kier molecular flexibility index (Phi) is 3.48. The summed E-state index contributed by atoms with van der Waals surface area (Å²) in [5.41, 5.74) is 0.587. The molecule has 4 nitrogen and oxygen atoms in total. The molecule has 0 spiro atoms. The van der Waals surface area contributed by atoms with E-state index in [2.05, 4.69) is 0 Å². The van der Waals surface area contributed by atoms with E-state index >= 15 is 0 Å². The van der Waals surface area contributed by atoms with Crippen LogP contribution in [0.15, 0.2) is 24.4 Å². The number of ether oxygens (including phenoxy) is 1. The van der Waals surface area contributed by atoms with Gasteiger partial charge in [0.1, 0.15) is 5.75 Å². The lowest BCUT2D eigenvalue weighted by Crippen LogP contribution is -1.85. The molecule has 0 aliphatic rings. The van der Waals surface area contributed by atoms with Gasteiger partial charge < -0.3 is 4.74 Å². The molecule has 0 bridgehead atoms. The van der Waals surface area contributed by atoms with Gasteiger partial charge in [0.15, 0.2) is 0 Å². The lowest BCUT2D eigenvalue weighted by Gasteiger charge is -2.01. The predicted octanol–water partition coefficient (Wildman–Crippen LogP) is 2.60. The van der Waals surface area contributed by atoms with Crippen LogP contribution in [0.4, 0.5) is 0 Å². The van der Waals surface area contributed by atoms with Crippen molar-refractivity contribution in [3.8, 4) is 5.75 Å². The van der Waals surface area contributed by atoms with E-state index in [1.54, 1.807) is 18.2 Å². The van der Waals surface area contributed by atoms with Crippen molar-refractivity contribution in [3.63, 3.8) is 0 Å². The Morgan fingerprint density at radius 1 is 1.57 bits per heavy atom. The molecule has 0 amide bonds. The molecule has 0 unspecified atom stereocenters. The molecule has 74 valence electrons. The molecule has 0 atom stereocenters. The van der Waals surface area contributed by atoms with Gasteiger partial charge >= 0.3 is 0 Å². The van der Waals surface area contributed by atoms with Crippen molar-refractivity contribution in [2.24, 2.45) is 0 Å². The molecule has 0 fully saturated rings. The quantitative estimate of drug-likeness (QED) is 0.573. The highest BCUT2D eigenvalue weighted by atomic mass is 35.5. The van der Waals surface area contributed by atoms with E-state index in [1.807, 2.05) is 0 Å². The van der Waals surface area contributed by atoms with Crippen molar-refractivity contribution in [1.82, 2.24) is 0 Å². The van der Waals surface area contributed by atoms with Crippen molar-refractivity contribution < 1.29 is 9.66 Å². The molecule has 0 aliphatic heterocycles. The van der Waals surface area contributed by atoms with Crippen molar-refractivity contribution in [2.75, 3.05) is 7.11 Å². The van der Waals surface area contributed by atoms with Crippen LogP contribution in [-0.4, -0.2) is 12.0 Å². The third kappa shape index (κ3) is 2.74. The zero-order valence-electron chi connectivity index (χ0n) is 7.44. The summed E-state index contributed by atoms with van der Waals surface area (Å²) in [6.07, 6.45) is 2.18. The largest absolute Gasteiger partial charge is 0.497 e. The third-order valence-corrected chi connectivity index (χ3v) is 1.91. The van der Waals surface area contributed by atoms with Gasteiger partial charge in [-0.25, -0.2) is 0 Å². The van der Waals surface area contributed by atoms with E-state index in [1.165, 1.54) is 13.2 Å². The van der Waals surface area contributed by atoms with Gasteiger partial charge in [0.2, 0.25) is 6.20 Å². The van der Waals surface area contributed by atoms with Crippen molar-refractivity contribution >= 4 is 17.7 Å². The molecule has 0 heterocycles. The first-order valence-corrected chi connectivity index (χ1v) is 4.16. The second-order valence-electron chi connectivity index (χ2n) is 2.49. The van der Waals surface area contributed by atoms with Gasteiger partial charge in [-0.05, 0) is 23.8 Å². The van der Waals surface area contributed by atoms with Gasteiger partial charge in [0, 0.05) is 6.08 Å². The van der Waals surface area contributed by atoms with Crippen LogP contribution >= 0.6 is 11.6 Å². The average molecular weight is 214 g/mol. The van der Waals surface area contributed by atoms with E-state index in [0.29, 0.717) is 16.3 Å². The van der Waals surface area contributed by atoms with Gasteiger partial charge in [-0.15, -0.1) is 0 Å². The number of halogens is 1. The molecule has 14 heavy (non-hydrogen) atoms. The summed E-state index contributed by atoms with van der Waals surface area (Å²) in [6.45, 7) is 0. The van der Waals surface area contributed by atoms with Crippen LogP contribution in [-0.2, 0) is 0 Å². The van der Waals surface area contributed by atoms with Crippen molar-refractivity contribution in [1.29, 1.82) is 0 Å². The molecule has 0 aliphatic carbocycles. The fourth-order valence-corrected chi connectivity index (χ4v) is 1.14. The Labute approximate surface area is 85.9 Å². The Morgan fingerprint density at radius 3 is 2.79 bits per heavy atom. The summed E-state index contributed by atoms with van der Waals surface area (Å²) < 4.78 is 4.93. The smallest absolute Gasteiger partial charge is 0.235 e. The summed E-state index contributed by atoms with van der Waals surface area (Å²) in [5.74, 6) is 0.619. The van der Waals surface area contributed by atoms with Crippen molar-refractivity contribution in [3.05, 3.63) is 45.1 Å². The summed E-state index contributed by atoms with van der Waals surface area (Å²) in [6, 6.07) is 4.94. The summed E-state index contributed by atoms with van der Waals surface area (Å²) in [5, 5.41) is 10.5. The SMILES string of the molecule is COc1ccc(/C=C/[N+](=O)[O-])c(Cl)c1. The van der Waals surface area contributed by atoms with E-state index in [4.69, 9.17) is 16.3 Å². The Balaban J connectivity index is 2.94. The number of methoxy groups -OCH3 is 1. The highest BCUT2D eigenvalue weighted by Crippen LogP contribution is 2.23. The van der Waals surface area contributed by atoms with Crippen LogP contribution in [0.5, 0.6) is 5.75 Å². The number of nitro groups is 1. The number of benzene rings is 1. The number of hydrogen-bond acceptors (Lipinski definition) is 3. The van der Waals surface area contributed by atoms with E-state index in [-0.39, 0.29) is 0 Å². The molecular formula is C9H8ClNO3. The number of rotatable bonds is 3. The summed E-state index contributed by atoms with van der Waals surface area (Å²) in [4.78, 5) is 9.52. The lowest BCUT2D eigenvalue weighted by atomic mass is 10.2. The van der Waals surface area contributed by atoms with E-state index < -0.39 is 4.92 Å². The van der Waals surface area contributed by atoms with E-state index in [9.17, 15) is 10.1 Å². The molecule has 1 aromatic carbocycles. The molecule has 1 aromatic rings. The maximum Gasteiger partial charge on any atom is 0.235 e. The maximum absolute atomic E-state index is 10.1. The maximum atomic E-state index is 10.1. The topological polar surface area (TPSA) is 52.4 Å². The minimum Gasteiger partial charge on any atom is -0.497 e. The first-order chi connectivity index (χ1) is 6.63. The lowest BCUT2D eigenvalue weighted by molar-refractivity contribution is -0.400. The van der Waals surface area contributed by atoms with E-state index in [0.717, 1.165) is 6.20 Å². The Hall–Kier alpha value is -1.55. The second-order valence-corrected chi connectivity index (χ2v) is 2.90. The van der Waals surface area contributed by atoms with Gasteiger partial charge in [-0.2, -0.15) is 0 Å². The second kappa shape index (κ2) is 4.62. The van der Waals surface area contributed by atoms with Gasteiger partial charge in [0.25, 0.3) is 0 Å². The Morgan fingerprint density at radius 2 is 2.29 bits per heavy atom. The van der Waals surface area contributed by atoms with Crippen molar-refractivity contribution in [2.45, 2.75) is 0 Å².